The number of hydrogen-bond donors (Lipinski definition) is 2. The molecule has 0 aliphatic rings. The summed E-state index contributed by atoms with van der Waals surface area (Å²) < 4.78 is 43.7. The van der Waals surface area contributed by atoms with Crippen LogP contribution >= 0.6 is 0 Å². The van der Waals surface area contributed by atoms with Gasteiger partial charge in [-0.1, -0.05) is 18.2 Å². The van der Waals surface area contributed by atoms with Gasteiger partial charge in [0.15, 0.2) is 0 Å². The van der Waals surface area contributed by atoms with Crippen LogP contribution in [0.3, 0.4) is 0 Å². The Morgan fingerprint density at radius 1 is 0.969 bits per heavy atom. The van der Waals surface area contributed by atoms with E-state index in [9.17, 15) is 22.8 Å². The van der Waals surface area contributed by atoms with Gasteiger partial charge < -0.3 is 15.2 Å². The maximum absolute atomic E-state index is 12.7. The van der Waals surface area contributed by atoms with Crippen LogP contribution in [0.2, 0.25) is 0 Å². The van der Waals surface area contributed by atoms with Gasteiger partial charge in [0.25, 0.3) is 5.91 Å². The fraction of sp³-hybridized carbons (Fsp3) is 0.174. The zero-order chi connectivity index (χ0) is 23.1. The Hall–Kier alpha value is -3.88. The molecule has 6 nitrogen and oxygen atoms in total. The summed E-state index contributed by atoms with van der Waals surface area (Å²) in [6.45, 7) is 0.256. The second-order valence-electron chi connectivity index (χ2n) is 6.84. The minimum absolute atomic E-state index is 0.0435. The van der Waals surface area contributed by atoms with E-state index >= 15 is 0 Å². The number of pyridine rings is 1. The average molecular weight is 444 g/mol. The van der Waals surface area contributed by atoms with Gasteiger partial charge in [0.1, 0.15) is 12.4 Å². The first-order chi connectivity index (χ1) is 15.2. The van der Waals surface area contributed by atoms with Gasteiger partial charge in [-0.2, -0.15) is 13.2 Å². The highest BCUT2D eigenvalue weighted by Gasteiger charge is 2.30. The third kappa shape index (κ3) is 6.31. The van der Waals surface area contributed by atoms with Crippen LogP contribution in [0.4, 0.5) is 13.2 Å². The van der Waals surface area contributed by atoms with Crippen LogP contribution in [0.25, 0.3) is 11.3 Å². The first kappa shape index (κ1) is 22.8. The number of carboxylic acid groups (broad SMARTS) is 1. The number of amides is 1. The van der Waals surface area contributed by atoms with Crippen LogP contribution in [-0.2, 0) is 17.6 Å². The molecule has 0 atom stereocenters. The molecule has 0 radical (unpaired) electrons. The van der Waals surface area contributed by atoms with Crippen molar-refractivity contribution in [2.24, 2.45) is 0 Å². The molecule has 0 aliphatic heterocycles. The fourth-order valence-electron chi connectivity index (χ4n) is 2.76. The summed E-state index contributed by atoms with van der Waals surface area (Å²) in [5.74, 6) is -0.837. The van der Waals surface area contributed by atoms with Crippen molar-refractivity contribution < 1.29 is 32.6 Å². The molecule has 2 aromatic carbocycles. The number of halogens is 3. The first-order valence-electron chi connectivity index (χ1n) is 9.58. The number of nitrogens with zero attached hydrogens (tertiary/aromatic N) is 1. The molecule has 1 amide bonds. The lowest BCUT2D eigenvalue weighted by molar-refractivity contribution is -0.138. The average Bonchev–Trinajstić information content (AvgIpc) is 2.77. The Bertz CT molecular complexity index is 1060. The molecule has 9 heteroatoms. The summed E-state index contributed by atoms with van der Waals surface area (Å²) in [5.41, 5.74) is 1.54. The SMILES string of the molecule is O=C(O)CCNC(=O)c1ccc(OCc2ccc(-c3ccc(C(F)(F)F)cc3)nc2)cc1. The van der Waals surface area contributed by atoms with Crippen LogP contribution in [0.5, 0.6) is 5.75 Å². The van der Waals surface area contributed by atoms with E-state index in [2.05, 4.69) is 10.3 Å². The molecule has 3 rings (SSSR count). The second kappa shape index (κ2) is 9.95. The predicted octanol–water partition coefficient (Wildman–Crippen LogP) is 4.55. The van der Waals surface area contributed by atoms with Gasteiger partial charge in [-0.3, -0.25) is 14.6 Å². The number of alkyl halides is 3. The smallest absolute Gasteiger partial charge is 0.416 e. The standard InChI is InChI=1S/C23H19F3N2O4/c24-23(25,26)18-6-2-16(3-7-18)20-10-1-15(13-28-20)14-32-19-8-4-17(5-9-19)22(31)27-12-11-21(29)30/h1-10,13H,11-12,14H2,(H,27,31)(H,29,30). The summed E-state index contributed by atoms with van der Waals surface area (Å²) in [6.07, 6.45) is -2.95. The lowest BCUT2D eigenvalue weighted by Gasteiger charge is -2.09. The van der Waals surface area contributed by atoms with Crippen molar-refractivity contribution in [1.29, 1.82) is 0 Å². The Kier molecular flexibility index (Phi) is 7.09. The van der Waals surface area contributed by atoms with Crippen molar-refractivity contribution >= 4 is 11.9 Å². The van der Waals surface area contributed by atoms with Gasteiger partial charge in [-0.05, 0) is 42.5 Å². The topological polar surface area (TPSA) is 88.5 Å². The summed E-state index contributed by atoms with van der Waals surface area (Å²) in [7, 11) is 0. The van der Waals surface area contributed by atoms with E-state index in [1.54, 1.807) is 42.6 Å². The van der Waals surface area contributed by atoms with Gasteiger partial charge in [-0.15, -0.1) is 0 Å². The maximum Gasteiger partial charge on any atom is 0.416 e. The zero-order valence-corrected chi connectivity index (χ0v) is 16.7. The van der Waals surface area contributed by atoms with E-state index in [4.69, 9.17) is 9.84 Å². The minimum Gasteiger partial charge on any atom is -0.489 e. The Morgan fingerprint density at radius 3 is 2.22 bits per heavy atom. The first-order valence-corrected chi connectivity index (χ1v) is 9.58. The summed E-state index contributed by atoms with van der Waals surface area (Å²) >= 11 is 0. The van der Waals surface area contributed by atoms with Gasteiger partial charge in [0.2, 0.25) is 0 Å². The molecule has 0 spiro atoms. The number of carbonyl (C=O) groups is 2. The molecule has 0 fully saturated rings. The number of rotatable bonds is 8. The zero-order valence-electron chi connectivity index (χ0n) is 16.7. The van der Waals surface area contributed by atoms with E-state index in [1.165, 1.54) is 12.1 Å². The van der Waals surface area contributed by atoms with E-state index in [-0.39, 0.29) is 25.5 Å². The van der Waals surface area contributed by atoms with Gasteiger partial charge in [0.05, 0.1) is 17.7 Å². The lowest BCUT2D eigenvalue weighted by atomic mass is 10.1. The van der Waals surface area contributed by atoms with E-state index in [0.29, 0.717) is 22.6 Å². The minimum atomic E-state index is -4.38. The van der Waals surface area contributed by atoms with Crippen LogP contribution in [-0.4, -0.2) is 28.5 Å². The molecular weight excluding hydrogens is 425 g/mol. The van der Waals surface area contributed by atoms with E-state index < -0.39 is 17.7 Å². The molecule has 1 aromatic heterocycles. The molecule has 3 aromatic rings. The monoisotopic (exact) mass is 444 g/mol. The van der Waals surface area contributed by atoms with Gasteiger partial charge in [-0.25, -0.2) is 0 Å². The van der Waals surface area contributed by atoms with Crippen LogP contribution in [0.1, 0.15) is 27.9 Å². The molecule has 0 saturated carbocycles. The number of carbonyl (C=O) groups excluding carboxylic acids is 1. The van der Waals surface area contributed by atoms with Crippen LogP contribution < -0.4 is 10.1 Å². The number of hydrogen-bond acceptors (Lipinski definition) is 4. The van der Waals surface area contributed by atoms with Crippen molar-refractivity contribution in [1.82, 2.24) is 10.3 Å². The van der Waals surface area contributed by atoms with Crippen molar-refractivity contribution in [2.75, 3.05) is 6.54 Å². The van der Waals surface area contributed by atoms with E-state index in [1.807, 2.05) is 0 Å². The van der Waals surface area contributed by atoms with Gasteiger partial charge >= 0.3 is 12.1 Å². The Morgan fingerprint density at radius 2 is 1.66 bits per heavy atom. The normalized spacial score (nSPS) is 11.1. The third-order valence-corrected chi connectivity index (χ3v) is 4.48. The molecular formula is C23H19F3N2O4. The van der Waals surface area contributed by atoms with Crippen molar-refractivity contribution in [3.63, 3.8) is 0 Å². The molecule has 1 heterocycles. The number of nitrogens with one attached hydrogen (secondary N) is 1. The molecule has 0 unspecified atom stereocenters. The fourth-order valence-corrected chi connectivity index (χ4v) is 2.76. The molecule has 0 saturated heterocycles. The molecule has 32 heavy (non-hydrogen) atoms. The number of ether oxygens (including phenoxy) is 1. The quantitative estimate of drug-likeness (QED) is 0.532. The van der Waals surface area contributed by atoms with Gasteiger partial charge in [0, 0.05) is 29.4 Å². The number of aromatic nitrogens is 1. The summed E-state index contributed by atoms with van der Waals surface area (Å²) in [4.78, 5) is 26.7. The molecule has 0 bridgehead atoms. The summed E-state index contributed by atoms with van der Waals surface area (Å²) in [5, 5.41) is 11.1. The number of aliphatic carboxylic acids is 1. The number of carboxylic acids is 1. The Labute approximate surface area is 181 Å². The highest BCUT2D eigenvalue weighted by atomic mass is 19.4. The molecule has 2 N–H and O–H groups in total. The third-order valence-electron chi connectivity index (χ3n) is 4.48. The van der Waals surface area contributed by atoms with E-state index in [0.717, 1.165) is 17.7 Å². The second-order valence-corrected chi connectivity index (χ2v) is 6.84. The highest BCUT2D eigenvalue weighted by Crippen LogP contribution is 2.30. The Balaban J connectivity index is 1.54. The predicted molar refractivity (Wildman–Crippen MR) is 110 cm³/mol. The largest absolute Gasteiger partial charge is 0.489 e. The molecule has 166 valence electrons. The highest BCUT2D eigenvalue weighted by molar-refractivity contribution is 5.94. The summed E-state index contributed by atoms with van der Waals surface area (Å²) in [6, 6.07) is 14.6. The van der Waals surface area contributed by atoms with Crippen molar-refractivity contribution in [3.05, 3.63) is 83.6 Å². The van der Waals surface area contributed by atoms with Crippen molar-refractivity contribution in [3.8, 4) is 17.0 Å². The van der Waals surface area contributed by atoms with Crippen LogP contribution in [0, 0.1) is 0 Å². The van der Waals surface area contributed by atoms with Crippen LogP contribution in [0.15, 0.2) is 66.9 Å². The maximum atomic E-state index is 12.7. The number of benzene rings is 2. The van der Waals surface area contributed by atoms with Crippen molar-refractivity contribution in [2.45, 2.75) is 19.2 Å². The molecule has 0 aliphatic carbocycles. The lowest BCUT2D eigenvalue weighted by Crippen LogP contribution is -2.25.